The van der Waals surface area contributed by atoms with E-state index in [-0.39, 0.29) is 17.9 Å². The molecule has 1 atom stereocenters. The summed E-state index contributed by atoms with van der Waals surface area (Å²) in [7, 11) is 3.09. The van der Waals surface area contributed by atoms with E-state index in [0.717, 1.165) is 12.8 Å². The first kappa shape index (κ1) is 25.8. The van der Waals surface area contributed by atoms with Crippen LogP contribution in [0.25, 0.3) is 0 Å². The van der Waals surface area contributed by atoms with Crippen LogP contribution in [0.4, 0.5) is 0 Å². The zero-order valence-corrected chi connectivity index (χ0v) is 19.1. The molecule has 6 heteroatoms. The van der Waals surface area contributed by atoms with Gasteiger partial charge in [0.1, 0.15) is 0 Å². The molecular formula is C25H32O6. The topological polar surface area (TPSA) is 71.1 Å². The molecule has 0 radical (unpaired) electrons. The average Bonchev–Trinajstić information content (AvgIpc) is 2.79. The molecule has 2 aromatic carbocycles. The molecule has 0 aromatic heterocycles. The van der Waals surface area contributed by atoms with Crippen LogP contribution >= 0.6 is 0 Å². The number of methoxy groups -OCH3 is 2. The van der Waals surface area contributed by atoms with E-state index in [1.165, 1.54) is 7.11 Å². The normalized spacial score (nSPS) is 11.5. The first-order valence-electron chi connectivity index (χ1n) is 10.2. The number of esters is 2. The van der Waals surface area contributed by atoms with Crippen LogP contribution in [-0.4, -0.2) is 26.2 Å². The molecule has 0 aliphatic rings. The molecule has 1 unspecified atom stereocenters. The molecule has 0 aliphatic carbocycles. The number of ether oxygens (including phenoxy) is 4. The molecule has 0 aliphatic heterocycles. The Balaban J connectivity index is 0.000000311. The Hall–Kier alpha value is -3.28. The van der Waals surface area contributed by atoms with Gasteiger partial charge in [0.15, 0.2) is 23.0 Å². The van der Waals surface area contributed by atoms with Crippen molar-refractivity contribution in [1.29, 1.82) is 0 Å². The zero-order chi connectivity index (χ0) is 23.2. The number of para-hydroxylation sites is 4. The average molecular weight is 429 g/mol. The molecule has 0 heterocycles. The summed E-state index contributed by atoms with van der Waals surface area (Å²) in [5.41, 5.74) is 0.570. The molecule has 0 fully saturated rings. The van der Waals surface area contributed by atoms with Gasteiger partial charge in [0.25, 0.3) is 0 Å². The highest BCUT2D eigenvalue weighted by molar-refractivity contribution is 5.89. The second kappa shape index (κ2) is 13.9. The van der Waals surface area contributed by atoms with E-state index < -0.39 is 0 Å². The summed E-state index contributed by atoms with van der Waals surface area (Å²) in [5, 5.41) is 0. The predicted molar refractivity (Wildman–Crippen MR) is 121 cm³/mol. The molecule has 31 heavy (non-hydrogen) atoms. The van der Waals surface area contributed by atoms with Crippen LogP contribution in [0, 0.1) is 5.92 Å². The summed E-state index contributed by atoms with van der Waals surface area (Å²) in [6.07, 6.45) is 3.52. The SMILES string of the molecule is C/C=C(\C)C(=O)Oc1ccccc1OC.CCCC(C)C(=O)Oc1ccccc1OC. The van der Waals surface area contributed by atoms with Crippen molar-refractivity contribution in [3.05, 3.63) is 60.2 Å². The van der Waals surface area contributed by atoms with Gasteiger partial charge in [-0.05, 0) is 44.5 Å². The van der Waals surface area contributed by atoms with E-state index in [2.05, 4.69) is 0 Å². The van der Waals surface area contributed by atoms with Crippen LogP contribution in [0.15, 0.2) is 60.2 Å². The predicted octanol–water partition coefficient (Wildman–Crippen LogP) is 5.60. The Morgan fingerprint density at radius 1 is 0.871 bits per heavy atom. The van der Waals surface area contributed by atoms with Crippen molar-refractivity contribution in [1.82, 2.24) is 0 Å². The van der Waals surface area contributed by atoms with Crippen molar-refractivity contribution in [3.63, 3.8) is 0 Å². The summed E-state index contributed by atoms with van der Waals surface area (Å²) in [4.78, 5) is 23.2. The standard InChI is InChI=1S/C13H18O3.C12H14O3/c1-4-7-10(2)13(14)16-12-9-6-5-8-11(12)15-3;1-4-9(2)12(13)15-11-8-6-5-7-10(11)14-3/h5-6,8-10H,4,7H2,1-3H3;4-8H,1-3H3/b;9-4+. The molecule has 0 saturated carbocycles. The van der Waals surface area contributed by atoms with E-state index in [1.54, 1.807) is 57.4 Å². The second-order valence-corrected chi connectivity index (χ2v) is 6.77. The monoisotopic (exact) mass is 428 g/mol. The lowest BCUT2D eigenvalue weighted by Crippen LogP contribution is -2.17. The van der Waals surface area contributed by atoms with Gasteiger partial charge in [-0.15, -0.1) is 0 Å². The maximum Gasteiger partial charge on any atom is 0.338 e. The molecule has 2 aromatic rings. The number of allylic oxidation sites excluding steroid dienone is 1. The van der Waals surface area contributed by atoms with Crippen molar-refractivity contribution >= 4 is 11.9 Å². The first-order chi connectivity index (χ1) is 14.9. The number of hydrogen-bond donors (Lipinski definition) is 0. The minimum atomic E-state index is -0.359. The van der Waals surface area contributed by atoms with Crippen LogP contribution in [0.1, 0.15) is 40.5 Å². The summed E-state index contributed by atoms with van der Waals surface area (Å²) in [6.45, 7) is 7.42. The fourth-order valence-corrected chi connectivity index (χ4v) is 2.46. The lowest BCUT2D eigenvalue weighted by Gasteiger charge is -2.12. The molecular weight excluding hydrogens is 396 g/mol. The van der Waals surface area contributed by atoms with Gasteiger partial charge < -0.3 is 18.9 Å². The Morgan fingerprint density at radius 3 is 1.74 bits per heavy atom. The van der Waals surface area contributed by atoms with Crippen LogP contribution in [0.3, 0.4) is 0 Å². The van der Waals surface area contributed by atoms with Crippen molar-refractivity contribution in [2.75, 3.05) is 14.2 Å². The Labute approximate surface area is 184 Å². The van der Waals surface area contributed by atoms with Gasteiger partial charge >= 0.3 is 11.9 Å². The largest absolute Gasteiger partial charge is 0.493 e. The fourth-order valence-electron chi connectivity index (χ4n) is 2.46. The van der Waals surface area contributed by atoms with E-state index in [4.69, 9.17) is 18.9 Å². The quantitative estimate of drug-likeness (QED) is 0.309. The third kappa shape index (κ3) is 8.54. The van der Waals surface area contributed by atoms with Crippen LogP contribution < -0.4 is 18.9 Å². The van der Waals surface area contributed by atoms with Gasteiger partial charge in [0, 0.05) is 5.57 Å². The lowest BCUT2D eigenvalue weighted by atomic mass is 10.1. The van der Waals surface area contributed by atoms with Crippen LogP contribution in [0.2, 0.25) is 0 Å². The lowest BCUT2D eigenvalue weighted by molar-refractivity contribution is -0.138. The van der Waals surface area contributed by atoms with Crippen molar-refractivity contribution in [3.8, 4) is 23.0 Å². The fraction of sp³-hybridized carbons (Fsp3) is 0.360. The van der Waals surface area contributed by atoms with E-state index in [1.807, 2.05) is 32.0 Å². The van der Waals surface area contributed by atoms with E-state index in [9.17, 15) is 9.59 Å². The summed E-state index contributed by atoms with van der Waals surface area (Å²) >= 11 is 0. The Kier molecular flexibility index (Phi) is 11.5. The third-order valence-electron chi connectivity index (χ3n) is 4.43. The minimum Gasteiger partial charge on any atom is -0.493 e. The molecule has 0 bridgehead atoms. The highest BCUT2D eigenvalue weighted by Crippen LogP contribution is 2.27. The van der Waals surface area contributed by atoms with Gasteiger partial charge in [-0.3, -0.25) is 4.79 Å². The van der Waals surface area contributed by atoms with Gasteiger partial charge in [-0.25, -0.2) is 4.79 Å². The molecule has 0 spiro atoms. The van der Waals surface area contributed by atoms with Crippen LogP contribution in [0.5, 0.6) is 23.0 Å². The van der Waals surface area contributed by atoms with Crippen molar-refractivity contribution < 1.29 is 28.5 Å². The summed E-state index contributed by atoms with van der Waals surface area (Å²) < 4.78 is 20.6. The highest BCUT2D eigenvalue weighted by Gasteiger charge is 2.16. The maximum absolute atomic E-state index is 11.7. The second-order valence-electron chi connectivity index (χ2n) is 6.77. The smallest absolute Gasteiger partial charge is 0.338 e. The highest BCUT2D eigenvalue weighted by atomic mass is 16.6. The van der Waals surface area contributed by atoms with Crippen molar-refractivity contribution in [2.24, 2.45) is 5.92 Å². The molecule has 0 saturated heterocycles. The molecule has 0 N–H and O–H groups in total. The summed E-state index contributed by atoms with van der Waals surface area (Å²) in [5.74, 6) is 1.42. The van der Waals surface area contributed by atoms with E-state index >= 15 is 0 Å². The Bertz CT molecular complexity index is 872. The molecule has 2 rings (SSSR count). The van der Waals surface area contributed by atoms with Gasteiger partial charge in [0.05, 0.1) is 20.1 Å². The molecule has 6 nitrogen and oxygen atoms in total. The minimum absolute atomic E-state index is 0.0742. The first-order valence-corrected chi connectivity index (χ1v) is 10.2. The maximum atomic E-state index is 11.7. The number of benzene rings is 2. The van der Waals surface area contributed by atoms with Crippen molar-refractivity contribution in [2.45, 2.75) is 40.5 Å². The Morgan fingerprint density at radius 2 is 1.32 bits per heavy atom. The number of carbonyl (C=O) groups excluding carboxylic acids is 2. The number of carbonyl (C=O) groups is 2. The molecule has 168 valence electrons. The number of hydrogen-bond acceptors (Lipinski definition) is 6. The van der Waals surface area contributed by atoms with Gasteiger partial charge in [-0.2, -0.15) is 0 Å². The summed E-state index contributed by atoms with van der Waals surface area (Å²) in [6, 6.07) is 14.2. The molecule has 0 amide bonds. The zero-order valence-electron chi connectivity index (χ0n) is 19.1. The number of rotatable bonds is 8. The van der Waals surface area contributed by atoms with Crippen LogP contribution in [-0.2, 0) is 9.59 Å². The van der Waals surface area contributed by atoms with Gasteiger partial charge in [-0.1, -0.05) is 50.6 Å². The van der Waals surface area contributed by atoms with E-state index in [0.29, 0.717) is 28.6 Å². The third-order valence-corrected chi connectivity index (χ3v) is 4.43. The van der Waals surface area contributed by atoms with Gasteiger partial charge in [0.2, 0.25) is 0 Å².